The lowest BCUT2D eigenvalue weighted by Crippen LogP contribution is -2.40. The highest BCUT2D eigenvalue weighted by molar-refractivity contribution is 6.30. The summed E-state index contributed by atoms with van der Waals surface area (Å²) < 4.78 is 7.45. The van der Waals surface area contributed by atoms with E-state index in [1.54, 1.807) is 13.4 Å². The van der Waals surface area contributed by atoms with E-state index >= 15 is 0 Å². The maximum atomic E-state index is 7.29. The highest BCUT2D eigenvalue weighted by Crippen LogP contribution is 2.38. The zero-order valence-electron chi connectivity index (χ0n) is 19.3. The molecule has 170 valence electrons. The SMILES string of the molecule is COc1cc(-c2cccc(Cl)c2)c2cc(C(N)(c3ccc(C)cc3)c3cncn3C)ccc2n1. The molecule has 34 heavy (non-hydrogen) atoms. The maximum absolute atomic E-state index is 7.29. The Bertz CT molecular complexity index is 1490. The zero-order chi connectivity index (χ0) is 23.9. The van der Waals surface area contributed by atoms with Crippen molar-refractivity contribution in [1.82, 2.24) is 14.5 Å². The van der Waals surface area contributed by atoms with E-state index in [4.69, 9.17) is 22.1 Å². The van der Waals surface area contributed by atoms with Crippen LogP contribution in [0.1, 0.15) is 22.4 Å². The number of ether oxygens (including phenoxy) is 1. The Morgan fingerprint density at radius 3 is 2.41 bits per heavy atom. The number of nitrogens with zero attached hydrogens (tertiary/aromatic N) is 3. The van der Waals surface area contributed by atoms with Gasteiger partial charge in [-0.2, -0.15) is 0 Å². The molecule has 1 unspecified atom stereocenters. The molecular formula is C28H25ClN4O. The van der Waals surface area contributed by atoms with Crippen molar-refractivity contribution < 1.29 is 4.74 Å². The van der Waals surface area contributed by atoms with Crippen molar-refractivity contribution in [2.24, 2.45) is 12.8 Å². The molecule has 2 heterocycles. The summed E-state index contributed by atoms with van der Waals surface area (Å²) in [5.41, 5.74) is 13.1. The first kappa shape index (κ1) is 22.1. The molecule has 0 bridgehead atoms. The average Bonchev–Trinajstić information content (AvgIpc) is 3.29. The molecule has 0 saturated carbocycles. The quantitative estimate of drug-likeness (QED) is 0.351. The summed E-state index contributed by atoms with van der Waals surface area (Å²) in [6, 6.07) is 24.2. The highest BCUT2D eigenvalue weighted by Gasteiger charge is 2.35. The number of imidazole rings is 1. The first-order chi connectivity index (χ1) is 16.4. The van der Waals surface area contributed by atoms with Crippen LogP contribution < -0.4 is 10.5 Å². The van der Waals surface area contributed by atoms with Crippen molar-refractivity contribution in [2.75, 3.05) is 7.11 Å². The van der Waals surface area contributed by atoms with Crippen LogP contribution in [0.2, 0.25) is 5.02 Å². The van der Waals surface area contributed by atoms with Crippen LogP contribution in [0.3, 0.4) is 0 Å². The monoisotopic (exact) mass is 468 g/mol. The Kier molecular flexibility index (Phi) is 5.60. The molecule has 0 radical (unpaired) electrons. The van der Waals surface area contributed by atoms with Gasteiger partial charge in [0.05, 0.1) is 30.8 Å². The van der Waals surface area contributed by atoms with Crippen LogP contribution in [0.25, 0.3) is 22.0 Å². The van der Waals surface area contributed by atoms with Crippen molar-refractivity contribution in [3.05, 3.63) is 113 Å². The number of fused-ring (bicyclic) bond motifs is 1. The van der Waals surface area contributed by atoms with E-state index in [0.717, 1.165) is 38.9 Å². The van der Waals surface area contributed by atoms with E-state index in [9.17, 15) is 0 Å². The van der Waals surface area contributed by atoms with Gasteiger partial charge in [0.25, 0.3) is 0 Å². The van der Waals surface area contributed by atoms with Gasteiger partial charge < -0.3 is 15.0 Å². The van der Waals surface area contributed by atoms with Crippen LogP contribution >= 0.6 is 11.6 Å². The number of benzene rings is 3. The Morgan fingerprint density at radius 2 is 1.74 bits per heavy atom. The van der Waals surface area contributed by atoms with E-state index < -0.39 is 5.54 Å². The Labute approximate surface area is 203 Å². The number of nitrogens with two attached hydrogens (primary N) is 1. The summed E-state index contributed by atoms with van der Waals surface area (Å²) in [6.45, 7) is 2.07. The largest absolute Gasteiger partial charge is 0.481 e. The number of rotatable bonds is 5. The van der Waals surface area contributed by atoms with E-state index in [2.05, 4.69) is 47.2 Å². The number of aryl methyl sites for hydroxylation is 2. The van der Waals surface area contributed by atoms with Gasteiger partial charge in [0.2, 0.25) is 5.88 Å². The van der Waals surface area contributed by atoms with Gasteiger partial charge in [0, 0.05) is 23.5 Å². The predicted octanol–water partition coefficient (Wildman–Crippen LogP) is 5.86. The van der Waals surface area contributed by atoms with Crippen molar-refractivity contribution in [3.8, 4) is 17.0 Å². The van der Waals surface area contributed by atoms with Crippen molar-refractivity contribution in [3.63, 3.8) is 0 Å². The first-order valence-corrected chi connectivity index (χ1v) is 11.4. The molecule has 5 rings (SSSR count). The van der Waals surface area contributed by atoms with E-state index in [1.165, 1.54) is 5.56 Å². The molecule has 0 spiro atoms. The van der Waals surface area contributed by atoms with Gasteiger partial charge in [-0.3, -0.25) is 0 Å². The van der Waals surface area contributed by atoms with Crippen LogP contribution in [-0.4, -0.2) is 21.6 Å². The number of methoxy groups -OCH3 is 1. The number of hydrogen-bond acceptors (Lipinski definition) is 4. The topological polar surface area (TPSA) is 66.0 Å². The van der Waals surface area contributed by atoms with Crippen molar-refractivity contribution in [2.45, 2.75) is 12.5 Å². The zero-order valence-corrected chi connectivity index (χ0v) is 20.0. The summed E-state index contributed by atoms with van der Waals surface area (Å²) in [6.07, 6.45) is 3.60. The predicted molar refractivity (Wildman–Crippen MR) is 137 cm³/mol. The van der Waals surface area contributed by atoms with Gasteiger partial charge in [-0.05, 0) is 53.4 Å². The lowest BCUT2D eigenvalue weighted by atomic mass is 9.80. The number of pyridine rings is 1. The van der Waals surface area contributed by atoms with E-state index in [1.807, 2.05) is 60.3 Å². The summed E-state index contributed by atoms with van der Waals surface area (Å²) >= 11 is 6.32. The van der Waals surface area contributed by atoms with Gasteiger partial charge in [-0.1, -0.05) is 59.6 Å². The Hall–Kier alpha value is -3.67. The molecule has 3 aromatic carbocycles. The number of aromatic nitrogens is 3. The van der Waals surface area contributed by atoms with Gasteiger partial charge in [0.15, 0.2) is 0 Å². The molecule has 0 aliphatic rings. The second-order valence-electron chi connectivity index (χ2n) is 8.52. The Balaban J connectivity index is 1.80. The molecule has 1 atom stereocenters. The molecule has 0 aliphatic carbocycles. The van der Waals surface area contributed by atoms with Crippen LogP contribution in [0, 0.1) is 6.92 Å². The maximum Gasteiger partial charge on any atom is 0.214 e. The normalized spacial score (nSPS) is 13.1. The summed E-state index contributed by atoms with van der Waals surface area (Å²) in [4.78, 5) is 9.03. The third-order valence-corrected chi connectivity index (χ3v) is 6.55. The third-order valence-electron chi connectivity index (χ3n) is 6.31. The fourth-order valence-electron chi connectivity index (χ4n) is 4.46. The second-order valence-corrected chi connectivity index (χ2v) is 8.95. The summed E-state index contributed by atoms with van der Waals surface area (Å²) in [7, 11) is 3.58. The molecule has 0 saturated heterocycles. The van der Waals surface area contributed by atoms with E-state index in [0.29, 0.717) is 10.9 Å². The lowest BCUT2D eigenvalue weighted by molar-refractivity contribution is 0.400. The minimum absolute atomic E-state index is 0.541. The minimum atomic E-state index is -0.918. The molecule has 5 aromatic rings. The third kappa shape index (κ3) is 3.73. The molecule has 2 aromatic heterocycles. The molecule has 0 amide bonds. The van der Waals surface area contributed by atoms with Crippen LogP contribution in [-0.2, 0) is 12.6 Å². The van der Waals surface area contributed by atoms with Crippen LogP contribution in [0.15, 0.2) is 85.3 Å². The molecule has 5 nitrogen and oxygen atoms in total. The summed E-state index contributed by atoms with van der Waals surface area (Å²) in [5, 5.41) is 1.63. The first-order valence-electron chi connectivity index (χ1n) is 11.0. The van der Waals surface area contributed by atoms with Gasteiger partial charge in [-0.25, -0.2) is 9.97 Å². The number of hydrogen-bond donors (Lipinski definition) is 1. The standard InChI is InChI=1S/C28H25ClN4O/c1-18-7-9-20(10-8-18)28(30,26-16-31-17-33(26)2)21-11-12-25-24(14-21)23(15-27(32-25)34-3)19-5-4-6-22(29)13-19/h4-17H,30H2,1-3H3. The highest BCUT2D eigenvalue weighted by atomic mass is 35.5. The smallest absolute Gasteiger partial charge is 0.214 e. The van der Waals surface area contributed by atoms with Gasteiger partial charge >= 0.3 is 0 Å². The van der Waals surface area contributed by atoms with Gasteiger partial charge in [0.1, 0.15) is 5.54 Å². The molecule has 2 N–H and O–H groups in total. The second kappa shape index (κ2) is 8.60. The van der Waals surface area contributed by atoms with Crippen LogP contribution in [0.5, 0.6) is 5.88 Å². The molecule has 0 fully saturated rings. The fourth-order valence-corrected chi connectivity index (χ4v) is 4.65. The molecule has 0 aliphatic heterocycles. The minimum Gasteiger partial charge on any atom is -0.481 e. The average molecular weight is 469 g/mol. The van der Waals surface area contributed by atoms with Crippen molar-refractivity contribution >= 4 is 22.5 Å². The van der Waals surface area contributed by atoms with Gasteiger partial charge in [-0.15, -0.1) is 0 Å². The lowest BCUT2D eigenvalue weighted by Gasteiger charge is -2.31. The summed E-state index contributed by atoms with van der Waals surface area (Å²) in [5.74, 6) is 0.541. The van der Waals surface area contributed by atoms with Crippen LogP contribution in [0.4, 0.5) is 0 Å². The molecule has 6 heteroatoms. The van der Waals surface area contributed by atoms with Crippen molar-refractivity contribution in [1.29, 1.82) is 0 Å². The van der Waals surface area contributed by atoms with E-state index in [-0.39, 0.29) is 0 Å². The Morgan fingerprint density at radius 1 is 0.971 bits per heavy atom. The molecular weight excluding hydrogens is 444 g/mol. The number of halogens is 1. The fraction of sp³-hybridized carbons (Fsp3) is 0.143.